The molecule has 0 unspecified atom stereocenters. The van der Waals surface area contributed by atoms with E-state index in [0.717, 1.165) is 11.3 Å². The molecule has 8 nitrogen and oxygen atoms in total. The minimum absolute atomic E-state index is 0.295. The summed E-state index contributed by atoms with van der Waals surface area (Å²) in [5.74, 6) is 1.33. The molecule has 3 heterocycles. The first-order valence-electron chi connectivity index (χ1n) is 12.7. The van der Waals surface area contributed by atoms with Crippen LogP contribution in [0, 0.1) is 12.7 Å². The Morgan fingerprint density at radius 3 is 2.46 bits per heavy atom. The first-order valence-corrected chi connectivity index (χ1v) is 13.5. The molecule has 0 fully saturated rings. The SMILES string of the molecule is COc1ccc(/C=C/c2nc3s/c(=C\c4cn(-c5ccccc5)nc4-c4ccc(C)c(F)c4)c(=O)n3n2)cc1OC. The predicted molar refractivity (Wildman–Crippen MR) is 158 cm³/mol. The summed E-state index contributed by atoms with van der Waals surface area (Å²) in [6.07, 6.45) is 7.15. The summed E-state index contributed by atoms with van der Waals surface area (Å²) in [5, 5.41) is 9.13. The maximum atomic E-state index is 14.5. The van der Waals surface area contributed by atoms with Gasteiger partial charge in [0.1, 0.15) is 11.5 Å². The molecule has 0 saturated carbocycles. The molecule has 0 aliphatic rings. The molecular formula is C31H24FN5O3S. The number of hydrogen-bond acceptors (Lipinski definition) is 7. The van der Waals surface area contributed by atoms with Crippen LogP contribution >= 0.6 is 11.3 Å². The standard InChI is InChI=1S/C31H24FN5O3S/c1-19-9-12-21(16-24(19)32)29-22(18-36(35-29)23-7-5-4-6-8-23)17-27-30(38)37-31(41-27)33-28(34-37)14-11-20-10-13-25(39-2)26(15-20)40-3/h4-18H,1-3H3/b14-11+,27-17-. The third-order valence-electron chi connectivity index (χ3n) is 6.53. The number of ether oxygens (including phenoxy) is 2. The molecule has 0 amide bonds. The zero-order valence-electron chi connectivity index (χ0n) is 22.4. The van der Waals surface area contributed by atoms with Crippen LogP contribution in [0.15, 0.2) is 77.7 Å². The van der Waals surface area contributed by atoms with Gasteiger partial charge in [-0.1, -0.05) is 53.8 Å². The van der Waals surface area contributed by atoms with Crippen LogP contribution in [0.3, 0.4) is 0 Å². The van der Waals surface area contributed by atoms with Crippen molar-refractivity contribution in [3.05, 3.63) is 116 Å². The van der Waals surface area contributed by atoms with Gasteiger partial charge in [-0.2, -0.15) is 14.6 Å². The number of rotatable bonds is 7. The third-order valence-corrected chi connectivity index (χ3v) is 7.49. The molecule has 41 heavy (non-hydrogen) atoms. The summed E-state index contributed by atoms with van der Waals surface area (Å²) in [6.45, 7) is 1.71. The van der Waals surface area contributed by atoms with Gasteiger partial charge in [0.25, 0.3) is 5.56 Å². The molecule has 0 saturated heterocycles. The van der Waals surface area contributed by atoms with Crippen molar-refractivity contribution in [3.8, 4) is 28.4 Å². The van der Waals surface area contributed by atoms with E-state index >= 15 is 0 Å². The number of halogens is 1. The van der Waals surface area contributed by atoms with E-state index in [9.17, 15) is 9.18 Å². The van der Waals surface area contributed by atoms with Crippen molar-refractivity contribution in [1.29, 1.82) is 0 Å². The van der Waals surface area contributed by atoms with Gasteiger partial charge in [0, 0.05) is 17.3 Å². The zero-order chi connectivity index (χ0) is 28.5. The van der Waals surface area contributed by atoms with Crippen LogP contribution in [0.4, 0.5) is 4.39 Å². The van der Waals surface area contributed by atoms with E-state index in [1.807, 2.05) is 66.9 Å². The lowest BCUT2D eigenvalue weighted by Crippen LogP contribution is -2.23. The highest BCUT2D eigenvalue weighted by molar-refractivity contribution is 7.15. The molecule has 0 aliphatic heterocycles. The fraction of sp³-hybridized carbons (Fsp3) is 0.0968. The Morgan fingerprint density at radius 2 is 1.73 bits per heavy atom. The molecule has 3 aromatic carbocycles. The number of para-hydroxylation sites is 1. The van der Waals surface area contributed by atoms with Gasteiger partial charge in [-0.05, 0) is 60.5 Å². The van der Waals surface area contributed by atoms with Gasteiger partial charge >= 0.3 is 0 Å². The number of methoxy groups -OCH3 is 2. The largest absolute Gasteiger partial charge is 0.493 e. The Bertz CT molecular complexity index is 2030. The molecule has 0 aliphatic carbocycles. The van der Waals surface area contributed by atoms with Crippen molar-refractivity contribution < 1.29 is 13.9 Å². The minimum Gasteiger partial charge on any atom is -0.493 e. The molecule has 0 bridgehead atoms. The van der Waals surface area contributed by atoms with Gasteiger partial charge in [-0.15, -0.1) is 5.10 Å². The Kier molecular flexibility index (Phi) is 6.90. The average Bonchev–Trinajstić information content (AvgIpc) is 3.68. The molecule has 6 aromatic rings. The smallest absolute Gasteiger partial charge is 0.291 e. The zero-order valence-corrected chi connectivity index (χ0v) is 23.2. The molecule has 3 aromatic heterocycles. The lowest BCUT2D eigenvalue weighted by molar-refractivity contribution is 0.355. The van der Waals surface area contributed by atoms with E-state index in [1.165, 1.54) is 21.9 Å². The van der Waals surface area contributed by atoms with Crippen molar-refractivity contribution in [2.75, 3.05) is 14.2 Å². The first kappa shape index (κ1) is 26.1. The normalized spacial score (nSPS) is 12.0. The second-order valence-corrected chi connectivity index (χ2v) is 10.2. The van der Waals surface area contributed by atoms with E-state index in [2.05, 4.69) is 10.1 Å². The summed E-state index contributed by atoms with van der Waals surface area (Å²) < 4.78 is 28.6. The van der Waals surface area contributed by atoms with E-state index in [0.29, 0.717) is 49.2 Å². The van der Waals surface area contributed by atoms with E-state index < -0.39 is 0 Å². The van der Waals surface area contributed by atoms with E-state index in [1.54, 1.807) is 44.0 Å². The van der Waals surface area contributed by atoms with Crippen molar-refractivity contribution in [2.24, 2.45) is 0 Å². The second kappa shape index (κ2) is 10.8. The van der Waals surface area contributed by atoms with Gasteiger partial charge < -0.3 is 9.47 Å². The molecule has 10 heteroatoms. The lowest BCUT2D eigenvalue weighted by atomic mass is 10.1. The Morgan fingerprint density at radius 1 is 0.927 bits per heavy atom. The first-order chi connectivity index (χ1) is 19.9. The molecule has 0 atom stereocenters. The highest BCUT2D eigenvalue weighted by Gasteiger charge is 2.15. The topological polar surface area (TPSA) is 83.5 Å². The van der Waals surface area contributed by atoms with Crippen molar-refractivity contribution >= 4 is 34.5 Å². The summed E-state index contributed by atoms with van der Waals surface area (Å²) in [7, 11) is 3.16. The Hall–Kier alpha value is -5.09. The summed E-state index contributed by atoms with van der Waals surface area (Å²) in [5.41, 5.74) is 3.81. The van der Waals surface area contributed by atoms with Gasteiger partial charge in [0.2, 0.25) is 4.96 Å². The maximum absolute atomic E-state index is 14.5. The quantitative estimate of drug-likeness (QED) is 0.265. The number of nitrogens with zero attached hydrogens (tertiary/aromatic N) is 5. The van der Waals surface area contributed by atoms with Crippen LogP contribution < -0.4 is 19.6 Å². The minimum atomic E-state index is -0.320. The Labute approximate surface area is 238 Å². The van der Waals surface area contributed by atoms with E-state index in [-0.39, 0.29) is 11.4 Å². The van der Waals surface area contributed by atoms with Gasteiger partial charge in [0.05, 0.1) is 24.4 Å². The third kappa shape index (κ3) is 5.12. The highest BCUT2D eigenvalue weighted by atomic mass is 32.1. The number of benzene rings is 3. The number of aryl methyl sites for hydroxylation is 1. The van der Waals surface area contributed by atoms with Gasteiger partial charge in [-0.3, -0.25) is 4.79 Å². The van der Waals surface area contributed by atoms with Gasteiger partial charge in [0.15, 0.2) is 17.3 Å². The number of aromatic nitrogens is 5. The van der Waals surface area contributed by atoms with Crippen LogP contribution in [-0.4, -0.2) is 38.6 Å². The van der Waals surface area contributed by atoms with Crippen LogP contribution in [0.5, 0.6) is 11.5 Å². The highest BCUT2D eigenvalue weighted by Crippen LogP contribution is 2.28. The van der Waals surface area contributed by atoms with Crippen molar-refractivity contribution in [3.63, 3.8) is 0 Å². The van der Waals surface area contributed by atoms with E-state index in [4.69, 9.17) is 14.6 Å². The average molecular weight is 566 g/mol. The number of hydrogen-bond donors (Lipinski definition) is 0. The van der Waals surface area contributed by atoms with Crippen LogP contribution in [0.25, 0.3) is 40.1 Å². The van der Waals surface area contributed by atoms with Crippen LogP contribution in [-0.2, 0) is 0 Å². The lowest BCUT2D eigenvalue weighted by Gasteiger charge is -2.07. The number of fused-ring (bicyclic) bond motifs is 1. The molecule has 0 spiro atoms. The van der Waals surface area contributed by atoms with Crippen molar-refractivity contribution in [1.82, 2.24) is 24.4 Å². The summed E-state index contributed by atoms with van der Waals surface area (Å²) in [6, 6.07) is 20.1. The fourth-order valence-corrected chi connectivity index (χ4v) is 5.26. The second-order valence-electron chi connectivity index (χ2n) is 9.21. The summed E-state index contributed by atoms with van der Waals surface area (Å²) in [4.78, 5) is 18.3. The van der Waals surface area contributed by atoms with Crippen LogP contribution in [0.2, 0.25) is 0 Å². The summed E-state index contributed by atoms with van der Waals surface area (Å²) >= 11 is 1.23. The monoisotopic (exact) mass is 565 g/mol. The van der Waals surface area contributed by atoms with Gasteiger partial charge in [-0.25, -0.2) is 9.07 Å². The molecule has 0 radical (unpaired) electrons. The fourth-order valence-electron chi connectivity index (χ4n) is 4.36. The van der Waals surface area contributed by atoms with Crippen molar-refractivity contribution in [2.45, 2.75) is 6.92 Å². The molecule has 204 valence electrons. The Balaban J connectivity index is 1.38. The maximum Gasteiger partial charge on any atom is 0.291 e. The molecule has 6 rings (SSSR count). The number of thiazole rings is 1. The molecule has 0 N–H and O–H groups in total. The molecular weight excluding hydrogens is 541 g/mol. The predicted octanol–water partition coefficient (Wildman–Crippen LogP) is 5.19. The van der Waals surface area contributed by atoms with Crippen LogP contribution in [0.1, 0.15) is 22.5 Å².